The molecule has 2 aromatic carbocycles. The summed E-state index contributed by atoms with van der Waals surface area (Å²) < 4.78 is 0. The Kier molecular flexibility index (Phi) is 5.43. The zero-order chi connectivity index (χ0) is 16.9. The number of hydrogen-bond donors (Lipinski definition) is 2. The van der Waals surface area contributed by atoms with Gasteiger partial charge in [0.05, 0.1) is 12.6 Å². The van der Waals surface area contributed by atoms with Gasteiger partial charge in [0.15, 0.2) is 0 Å². The lowest BCUT2D eigenvalue weighted by atomic mass is 9.86. The summed E-state index contributed by atoms with van der Waals surface area (Å²) in [6.45, 7) is 8.78. The normalized spacial score (nSPS) is 12.5. The van der Waals surface area contributed by atoms with E-state index in [1.165, 1.54) is 5.56 Å². The maximum absolute atomic E-state index is 12.2. The molecule has 2 rings (SSSR count). The van der Waals surface area contributed by atoms with Crippen LogP contribution in [0.15, 0.2) is 54.6 Å². The van der Waals surface area contributed by atoms with E-state index >= 15 is 0 Å². The summed E-state index contributed by atoms with van der Waals surface area (Å²) in [6, 6.07) is 18.1. The maximum atomic E-state index is 12.2. The molecule has 0 aliphatic heterocycles. The minimum atomic E-state index is -0.00920. The van der Waals surface area contributed by atoms with Crippen molar-refractivity contribution in [3.63, 3.8) is 0 Å². The van der Waals surface area contributed by atoms with Crippen molar-refractivity contribution < 1.29 is 4.79 Å². The van der Waals surface area contributed by atoms with Crippen molar-refractivity contribution in [1.29, 1.82) is 0 Å². The predicted molar refractivity (Wildman–Crippen MR) is 96.6 cm³/mol. The zero-order valence-electron chi connectivity index (χ0n) is 14.4. The van der Waals surface area contributed by atoms with Crippen LogP contribution in [0, 0.1) is 0 Å². The van der Waals surface area contributed by atoms with Crippen molar-refractivity contribution in [2.75, 3.05) is 11.9 Å². The largest absolute Gasteiger partial charge is 0.376 e. The average molecular weight is 310 g/mol. The third kappa shape index (κ3) is 4.85. The summed E-state index contributed by atoms with van der Waals surface area (Å²) in [7, 11) is 0. The molecule has 0 heterocycles. The molecule has 1 unspecified atom stereocenters. The Labute approximate surface area is 139 Å². The van der Waals surface area contributed by atoms with Crippen molar-refractivity contribution in [2.24, 2.45) is 0 Å². The number of amides is 1. The van der Waals surface area contributed by atoms with Gasteiger partial charge in [-0.2, -0.15) is 0 Å². The number of nitrogens with one attached hydrogen (secondary N) is 2. The van der Waals surface area contributed by atoms with Crippen LogP contribution in [0.3, 0.4) is 0 Å². The first-order valence-corrected chi connectivity index (χ1v) is 8.05. The summed E-state index contributed by atoms with van der Waals surface area (Å²) in [5, 5.41) is 6.29. The standard InChI is InChI=1S/C20H26N2O/c1-15(16-10-6-5-7-11-16)22-19(23)14-21-18-13-9-8-12-17(18)20(2,3)4/h5-13,15,21H,14H2,1-4H3,(H,22,23). The van der Waals surface area contributed by atoms with E-state index in [9.17, 15) is 4.79 Å². The molecule has 0 aliphatic rings. The van der Waals surface area contributed by atoms with E-state index < -0.39 is 0 Å². The highest BCUT2D eigenvalue weighted by Gasteiger charge is 2.17. The number of anilines is 1. The van der Waals surface area contributed by atoms with Crippen molar-refractivity contribution >= 4 is 11.6 Å². The molecular weight excluding hydrogens is 284 g/mol. The molecule has 3 nitrogen and oxygen atoms in total. The van der Waals surface area contributed by atoms with Crippen molar-refractivity contribution in [2.45, 2.75) is 39.2 Å². The lowest BCUT2D eigenvalue weighted by molar-refractivity contribution is -0.120. The maximum Gasteiger partial charge on any atom is 0.239 e. The predicted octanol–water partition coefficient (Wildman–Crippen LogP) is 4.27. The molecule has 3 heteroatoms. The van der Waals surface area contributed by atoms with Crippen LogP contribution < -0.4 is 10.6 Å². The smallest absolute Gasteiger partial charge is 0.239 e. The molecule has 23 heavy (non-hydrogen) atoms. The summed E-state index contributed by atoms with van der Waals surface area (Å²) in [5.74, 6) is -0.00920. The lowest BCUT2D eigenvalue weighted by Gasteiger charge is -2.23. The molecule has 1 amide bonds. The number of rotatable bonds is 5. The molecule has 2 N–H and O–H groups in total. The van der Waals surface area contributed by atoms with Gasteiger partial charge in [0.2, 0.25) is 5.91 Å². The lowest BCUT2D eigenvalue weighted by Crippen LogP contribution is -2.32. The molecule has 0 aromatic heterocycles. The first-order chi connectivity index (χ1) is 10.9. The molecule has 0 fully saturated rings. The minimum absolute atomic E-state index is 0.00311. The second kappa shape index (κ2) is 7.32. The van der Waals surface area contributed by atoms with E-state index in [2.05, 4.69) is 37.5 Å². The summed E-state index contributed by atoms with van der Waals surface area (Å²) in [5.41, 5.74) is 3.37. The molecular formula is C20H26N2O. The molecule has 1 atom stereocenters. The van der Waals surface area contributed by atoms with Gasteiger partial charge in [0.25, 0.3) is 0 Å². The highest BCUT2D eigenvalue weighted by molar-refractivity contribution is 5.81. The van der Waals surface area contributed by atoms with E-state index in [4.69, 9.17) is 0 Å². The number of benzene rings is 2. The van der Waals surface area contributed by atoms with E-state index in [1.54, 1.807) is 0 Å². The fourth-order valence-corrected chi connectivity index (χ4v) is 2.58. The van der Waals surface area contributed by atoms with Crippen LogP contribution in [0.4, 0.5) is 5.69 Å². The van der Waals surface area contributed by atoms with Crippen molar-refractivity contribution in [3.8, 4) is 0 Å². The van der Waals surface area contributed by atoms with Crippen LogP contribution in [0.2, 0.25) is 0 Å². The summed E-state index contributed by atoms with van der Waals surface area (Å²) in [4.78, 5) is 12.2. The van der Waals surface area contributed by atoms with Crippen LogP contribution in [0.1, 0.15) is 44.9 Å². The quantitative estimate of drug-likeness (QED) is 0.865. The Morgan fingerprint density at radius 3 is 2.26 bits per heavy atom. The van der Waals surface area contributed by atoms with Crippen LogP contribution >= 0.6 is 0 Å². The molecule has 2 aromatic rings. The second-order valence-corrected chi connectivity index (χ2v) is 6.85. The van der Waals surface area contributed by atoms with Gasteiger partial charge >= 0.3 is 0 Å². The zero-order valence-corrected chi connectivity index (χ0v) is 14.4. The van der Waals surface area contributed by atoms with E-state index in [0.717, 1.165) is 11.3 Å². The van der Waals surface area contributed by atoms with Crippen LogP contribution in [0.25, 0.3) is 0 Å². The highest BCUT2D eigenvalue weighted by atomic mass is 16.1. The monoisotopic (exact) mass is 310 g/mol. The van der Waals surface area contributed by atoms with Gasteiger partial charge < -0.3 is 10.6 Å². The van der Waals surface area contributed by atoms with Gasteiger partial charge in [-0.05, 0) is 29.5 Å². The number of para-hydroxylation sites is 1. The van der Waals surface area contributed by atoms with Crippen LogP contribution in [0.5, 0.6) is 0 Å². The highest BCUT2D eigenvalue weighted by Crippen LogP contribution is 2.29. The van der Waals surface area contributed by atoms with Crippen LogP contribution in [-0.4, -0.2) is 12.5 Å². The SMILES string of the molecule is CC(NC(=O)CNc1ccccc1C(C)(C)C)c1ccccc1. The van der Waals surface area contributed by atoms with E-state index in [0.29, 0.717) is 0 Å². The van der Waals surface area contributed by atoms with Gasteiger partial charge in [-0.25, -0.2) is 0 Å². The average Bonchev–Trinajstić information content (AvgIpc) is 2.53. The number of carbonyl (C=O) groups excluding carboxylic acids is 1. The van der Waals surface area contributed by atoms with Crippen LogP contribution in [-0.2, 0) is 10.2 Å². The van der Waals surface area contributed by atoms with Gasteiger partial charge in [-0.1, -0.05) is 69.3 Å². The number of carbonyl (C=O) groups is 1. The van der Waals surface area contributed by atoms with Crippen molar-refractivity contribution in [3.05, 3.63) is 65.7 Å². The number of hydrogen-bond acceptors (Lipinski definition) is 2. The molecule has 0 radical (unpaired) electrons. The van der Waals surface area contributed by atoms with Gasteiger partial charge in [-0.15, -0.1) is 0 Å². The Bertz CT molecular complexity index is 644. The first-order valence-electron chi connectivity index (χ1n) is 8.05. The van der Waals surface area contributed by atoms with E-state index in [1.807, 2.05) is 55.5 Å². The third-order valence-electron chi connectivity index (χ3n) is 3.85. The van der Waals surface area contributed by atoms with Gasteiger partial charge in [-0.3, -0.25) is 4.79 Å². The molecule has 0 saturated carbocycles. The fourth-order valence-electron chi connectivity index (χ4n) is 2.58. The topological polar surface area (TPSA) is 41.1 Å². The molecule has 0 aliphatic carbocycles. The summed E-state index contributed by atoms with van der Waals surface area (Å²) in [6.07, 6.45) is 0. The van der Waals surface area contributed by atoms with Gasteiger partial charge in [0, 0.05) is 5.69 Å². The molecule has 0 saturated heterocycles. The Hall–Kier alpha value is -2.29. The molecule has 122 valence electrons. The van der Waals surface area contributed by atoms with Gasteiger partial charge in [0.1, 0.15) is 0 Å². The second-order valence-electron chi connectivity index (χ2n) is 6.85. The third-order valence-corrected chi connectivity index (χ3v) is 3.85. The minimum Gasteiger partial charge on any atom is -0.376 e. The molecule has 0 bridgehead atoms. The fraction of sp³-hybridized carbons (Fsp3) is 0.350. The first kappa shape index (κ1) is 17.1. The Morgan fingerprint density at radius 1 is 1.00 bits per heavy atom. The Morgan fingerprint density at radius 2 is 1.61 bits per heavy atom. The van der Waals surface area contributed by atoms with Crippen molar-refractivity contribution in [1.82, 2.24) is 5.32 Å². The summed E-state index contributed by atoms with van der Waals surface area (Å²) >= 11 is 0. The molecule has 0 spiro atoms. The van der Waals surface area contributed by atoms with E-state index in [-0.39, 0.29) is 23.9 Å². The Balaban J connectivity index is 1.95.